The molecule has 2 aliphatic rings. The molecular weight excluding hydrogens is 350 g/mol. The maximum atomic E-state index is 13.7. The van der Waals surface area contributed by atoms with Gasteiger partial charge in [0.05, 0.1) is 0 Å². The maximum Gasteiger partial charge on any atom is 0.257 e. The van der Waals surface area contributed by atoms with Crippen LogP contribution in [0.2, 0.25) is 0 Å². The summed E-state index contributed by atoms with van der Waals surface area (Å²) in [5, 5.41) is 5.76. The van der Waals surface area contributed by atoms with E-state index in [2.05, 4.69) is 10.6 Å². The van der Waals surface area contributed by atoms with Crippen molar-refractivity contribution < 1.29 is 18.4 Å². The molecule has 2 bridgehead atoms. The number of hydrogen-bond acceptors (Lipinski definition) is 2. The number of rotatable bonds is 7. The van der Waals surface area contributed by atoms with Gasteiger partial charge in [-0.15, -0.1) is 0 Å². The summed E-state index contributed by atoms with van der Waals surface area (Å²) in [6.07, 6.45) is 6.64. The van der Waals surface area contributed by atoms with Gasteiger partial charge in [-0.3, -0.25) is 9.59 Å². The third-order valence-corrected chi connectivity index (χ3v) is 6.20. The minimum Gasteiger partial charge on any atom is -0.353 e. The molecule has 0 saturated heterocycles. The van der Waals surface area contributed by atoms with Crippen LogP contribution in [0.1, 0.15) is 69.2 Å². The number of amides is 2. The minimum atomic E-state index is -0.869. The third kappa shape index (κ3) is 4.30. The highest BCUT2D eigenvalue weighted by Crippen LogP contribution is 2.54. The number of benzene rings is 1. The van der Waals surface area contributed by atoms with E-state index in [-0.39, 0.29) is 23.4 Å². The molecule has 2 aliphatic carbocycles. The summed E-state index contributed by atoms with van der Waals surface area (Å²) in [5.41, 5.74) is -0.706. The molecule has 148 valence electrons. The van der Waals surface area contributed by atoms with Crippen molar-refractivity contribution in [1.29, 1.82) is 0 Å². The summed E-state index contributed by atoms with van der Waals surface area (Å²) < 4.78 is 27.4. The second-order valence-corrected chi connectivity index (χ2v) is 8.35. The number of carbonyl (C=O) groups is 2. The summed E-state index contributed by atoms with van der Waals surface area (Å²) in [4.78, 5) is 24.8. The van der Waals surface area contributed by atoms with E-state index in [1.54, 1.807) is 6.92 Å². The lowest BCUT2D eigenvalue weighted by molar-refractivity contribution is -0.131. The molecule has 3 rings (SSSR count). The molecule has 2 fully saturated rings. The largest absolute Gasteiger partial charge is 0.353 e. The molecule has 0 aliphatic heterocycles. The van der Waals surface area contributed by atoms with Crippen molar-refractivity contribution in [3.05, 3.63) is 35.4 Å². The van der Waals surface area contributed by atoms with Crippen LogP contribution in [0.25, 0.3) is 0 Å². The first-order chi connectivity index (χ1) is 12.8. The molecule has 0 aromatic heterocycles. The van der Waals surface area contributed by atoms with Crippen LogP contribution < -0.4 is 10.6 Å². The lowest BCUT2D eigenvalue weighted by Gasteiger charge is -2.27. The summed E-state index contributed by atoms with van der Waals surface area (Å²) in [5.74, 6) is -1.60. The topological polar surface area (TPSA) is 58.2 Å². The van der Waals surface area contributed by atoms with Crippen LogP contribution in [0.15, 0.2) is 18.2 Å². The van der Waals surface area contributed by atoms with Crippen LogP contribution >= 0.6 is 0 Å². The van der Waals surface area contributed by atoms with Crippen molar-refractivity contribution >= 4 is 11.8 Å². The maximum absolute atomic E-state index is 13.7. The molecule has 1 aromatic carbocycles. The van der Waals surface area contributed by atoms with Crippen LogP contribution in [0.3, 0.4) is 0 Å². The minimum absolute atomic E-state index is 0.00363. The molecule has 2 unspecified atom stereocenters. The Morgan fingerprint density at radius 2 is 1.63 bits per heavy atom. The predicted octanol–water partition coefficient (Wildman–Crippen LogP) is 3.95. The Labute approximate surface area is 159 Å². The SMILES string of the molecule is CC(CCC(C)NC(=O)C12CCC(CC1)C2)NC(=O)c1c(F)cccc1F. The molecule has 6 heteroatoms. The van der Waals surface area contributed by atoms with Gasteiger partial charge in [-0.1, -0.05) is 6.07 Å². The Morgan fingerprint density at radius 3 is 2.15 bits per heavy atom. The van der Waals surface area contributed by atoms with E-state index < -0.39 is 23.1 Å². The average Bonchev–Trinajstić information content (AvgIpc) is 3.22. The van der Waals surface area contributed by atoms with Crippen molar-refractivity contribution in [1.82, 2.24) is 10.6 Å². The summed E-state index contributed by atoms with van der Waals surface area (Å²) in [7, 11) is 0. The molecule has 0 heterocycles. The average molecular weight is 378 g/mol. The molecular formula is C21H28F2N2O2. The molecule has 27 heavy (non-hydrogen) atoms. The van der Waals surface area contributed by atoms with Gasteiger partial charge in [0.15, 0.2) is 0 Å². The highest BCUT2D eigenvalue weighted by molar-refractivity contribution is 5.94. The Kier molecular flexibility index (Phi) is 5.82. The van der Waals surface area contributed by atoms with Gasteiger partial charge in [0.2, 0.25) is 5.91 Å². The number of fused-ring (bicyclic) bond motifs is 2. The van der Waals surface area contributed by atoms with E-state index in [0.29, 0.717) is 12.8 Å². The van der Waals surface area contributed by atoms with Crippen LogP contribution in [0.5, 0.6) is 0 Å². The Morgan fingerprint density at radius 1 is 1.07 bits per heavy atom. The lowest BCUT2D eigenvalue weighted by Crippen LogP contribution is -2.43. The quantitative estimate of drug-likeness (QED) is 0.755. The first-order valence-corrected chi connectivity index (χ1v) is 9.86. The summed E-state index contributed by atoms with van der Waals surface area (Å²) >= 11 is 0. The Hall–Kier alpha value is -1.98. The first kappa shape index (κ1) is 19.8. The van der Waals surface area contributed by atoms with Crippen LogP contribution in [-0.2, 0) is 4.79 Å². The lowest BCUT2D eigenvalue weighted by atomic mass is 9.83. The van der Waals surface area contributed by atoms with Gasteiger partial charge in [-0.2, -0.15) is 0 Å². The highest BCUT2D eigenvalue weighted by Gasteiger charge is 2.49. The molecule has 2 N–H and O–H groups in total. The van der Waals surface area contributed by atoms with Crippen molar-refractivity contribution in [2.24, 2.45) is 11.3 Å². The second-order valence-electron chi connectivity index (χ2n) is 8.35. The fraction of sp³-hybridized carbons (Fsp3) is 0.619. The van der Waals surface area contributed by atoms with Crippen LogP contribution in [-0.4, -0.2) is 23.9 Å². The Balaban J connectivity index is 1.45. The van der Waals surface area contributed by atoms with Crippen molar-refractivity contribution in [3.63, 3.8) is 0 Å². The summed E-state index contributed by atoms with van der Waals surface area (Å²) in [6, 6.07) is 3.10. The molecule has 4 nitrogen and oxygen atoms in total. The number of carbonyl (C=O) groups excluding carboxylic acids is 2. The van der Waals surface area contributed by atoms with Crippen LogP contribution in [0, 0.1) is 23.0 Å². The zero-order chi connectivity index (χ0) is 19.6. The second kappa shape index (κ2) is 7.95. The van der Waals surface area contributed by atoms with Gasteiger partial charge < -0.3 is 10.6 Å². The fourth-order valence-electron chi connectivity index (χ4n) is 4.54. The van der Waals surface area contributed by atoms with Crippen molar-refractivity contribution in [2.45, 2.75) is 70.9 Å². The van der Waals surface area contributed by atoms with E-state index in [0.717, 1.165) is 50.2 Å². The molecule has 1 aromatic rings. The fourth-order valence-corrected chi connectivity index (χ4v) is 4.54. The van der Waals surface area contributed by atoms with Crippen molar-refractivity contribution in [2.75, 3.05) is 0 Å². The molecule has 0 spiro atoms. The molecule has 0 radical (unpaired) electrons. The number of nitrogens with one attached hydrogen (secondary N) is 2. The highest BCUT2D eigenvalue weighted by atomic mass is 19.1. The van der Waals surface area contributed by atoms with E-state index in [1.165, 1.54) is 6.07 Å². The van der Waals surface area contributed by atoms with Crippen molar-refractivity contribution in [3.8, 4) is 0 Å². The normalized spacial score (nSPS) is 25.9. The molecule has 2 atom stereocenters. The number of halogens is 2. The van der Waals surface area contributed by atoms with Gasteiger partial charge in [0.1, 0.15) is 17.2 Å². The predicted molar refractivity (Wildman–Crippen MR) is 99.1 cm³/mol. The van der Waals surface area contributed by atoms with E-state index in [9.17, 15) is 18.4 Å². The van der Waals surface area contributed by atoms with E-state index >= 15 is 0 Å². The van der Waals surface area contributed by atoms with Crippen LogP contribution in [0.4, 0.5) is 8.78 Å². The van der Waals surface area contributed by atoms with Gasteiger partial charge >= 0.3 is 0 Å². The van der Waals surface area contributed by atoms with Gasteiger partial charge in [-0.05, 0) is 76.8 Å². The summed E-state index contributed by atoms with van der Waals surface area (Å²) in [6.45, 7) is 3.75. The Bertz CT molecular complexity index is 694. The standard InChI is InChI=1S/C21H28F2N2O2/c1-13(24-19(26)18-16(22)4-3-5-17(18)23)6-7-14(2)25-20(27)21-10-8-15(12-21)9-11-21/h3-5,13-15H,6-12H2,1-2H3,(H,24,26)(H,25,27). The van der Waals surface area contributed by atoms with Gasteiger partial charge in [0.25, 0.3) is 5.91 Å². The first-order valence-electron chi connectivity index (χ1n) is 9.86. The van der Waals surface area contributed by atoms with E-state index in [1.807, 2.05) is 6.92 Å². The molecule has 2 saturated carbocycles. The zero-order valence-electron chi connectivity index (χ0n) is 16.0. The van der Waals surface area contributed by atoms with Gasteiger partial charge in [0, 0.05) is 17.5 Å². The third-order valence-electron chi connectivity index (χ3n) is 6.20. The van der Waals surface area contributed by atoms with E-state index in [4.69, 9.17) is 0 Å². The smallest absolute Gasteiger partial charge is 0.257 e. The number of hydrogen-bond donors (Lipinski definition) is 2. The zero-order valence-corrected chi connectivity index (χ0v) is 16.0. The van der Waals surface area contributed by atoms with Gasteiger partial charge in [-0.25, -0.2) is 8.78 Å². The molecule has 2 amide bonds. The monoisotopic (exact) mass is 378 g/mol.